The third kappa shape index (κ3) is 7.19. The van der Waals surface area contributed by atoms with Crippen molar-refractivity contribution in [1.29, 1.82) is 5.26 Å². The van der Waals surface area contributed by atoms with Crippen molar-refractivity contribution >= 4 is 40.9 Å². The van der Waals surface area contributed by atoms with Crippen LogP contribution in [0.2, 0.25) is 0 Å². The van der Waals surface area contributed by atoms with E-state index in [0.717, 1.165) is 74.9 Å². The number of benzene rings is 3. The fraction of sp³-hybridized carbons (Fsp3) is 0.467. The van der Waals surface area contributed by atoms with Gasteiger partial charge >= 0.3 is 0 Å². The molecule has 1 saturated carbocycles. The molecule has 0 radical (unpaired) electrons. The zero-order valence-electron chi connectivity index (χ0n) is 33.6. The van der Waals surface area contributed by atoms with Crippen molar-refractivity contribution in [2.24, 2.45) is 16.7 Å². The van der Waals surface area contributed by atoms with Gasteiger partial charge in [0.05, 0.1) is 22.8 Å². The summed E-state index contributed by atoms with van der Waals surface area (Å²) in [5.41, 5.74) is 3.23. The molecule has 58 heavy (non-hydrogen) atoms. The summed E-state index contributed by atoms with van der Waals surface area (Å²) in [6.07, 6.45) is 2.29. The number of nitriles is 1. The number of amides is 5. The molecule has 0 bridgehead atoms. The highest BCUT2D eigenvalue weighted by molar-refractivity contribution is 6.23. The Morgan fingerprint density at radius 2 is 1.41 bits per heavy atom. The molecule has 1 unspecified atom stereocenters. The van der Waals surface area contributed by atoms with Crippen LogP contribution in [0.5, 0.6) is 5.75 Å². The standard InChI is InChI=1S/C45H51N7O6/c1-44(2)42(45(3,4)43(44)58-33-12-5-28(26-46)6-13-33)48-38(54)30-7-9-31(10-8-30)50-19-17-29(18-20-50)27-49-21-23-51(24-22-49)32-11-14-34-35(25-32)41(57)52(40(34)56)36-15-16-37(53)47-39(36)55/h5-14,25,29,36,42-43H,15-24,27H2,1-4H3,(H,48,54)(H,47,53,55)/t36?,42-,43-. The van der Waals surface area contributed by atoms with Gasteiger partial charge in [0.1, 0.15) is 17.9 Å². The van der Waals surface area contributed by atoms with Gasteiger partial charge < -0.3 is 19.9 Å². The SMILES string of the molecule is CC1(C)[C@H](NC(=O)c2ccc(N3CCC(CN4CCN(c5ccc6c(c5)C(=O)N(C5CCC(=O)NC5=O)C6=O)CC4)CC3)cc2)C(C)(C)[C@H]1Oc1ccc(C#N)cc1. The van der Waals surface area contributed by atoms with Crippen molar-refractivity contribution in [2.45, 2.75) is 71.6 Å². The van der Waals surface area contributed by atoms with E-state index in [9.17, 15) is 24.0 Å². The van der Waals surface area contributed by atoms with Gasteiger partial charge in [-0.25, -0.2) is 0 Å². The van der Waals surface area contributed by atoms with Gasteiger partial charge in [-0.15, -0.1) is 0 Å². The molecule has 0 aromatic heterocycles. The van der Waals surface area contributed by atoms with Crippen molar-refractivity contribution in [3.63, 3.8) is 0 Å². The monoisotopic (exact) mass is 785 g/mol. The number of imide groups is 2. The first-order valence-corrected chi connectivity index (χ1v) is 20.4. The molecule has 3 saturated heterocycles. The Hall–Kier alpha value is -5.74. The molecular weight excluding hydrogens is 735 g/mol. The van der Waals surface area contributed by atoms with Crippen LogP contribution in [0.1, 0.15) is 90.0 Å². The molecule has 13 heteroatoms. The minimum absolute atomic E-state index is 0.0887. The maximum absolute atomic E-state index is 13.5. The van der Waals surface area contributed by atoms with E-state index in [0.29, 0.717) is 33.9 Å². The number of nitrogens with zero attached hydrogens (tertiary/aromatic N) is 5. The summed E-state index contributed by atoms with van der Waals surface area (Å²) in [7, 11) is 0. The van der Waals surface area contributed by atoms with E-state index in [1.165, 1.54) is 0 Å². The van der Waals surface area contributed by atoms with E-state index in [4.69, 9.17) is 10.00 Å². The number of carbonyl (C=O) groups excluding carboxylic acids is 5. The van der Waals surface area contributed by atoms with Gasteiger partial charge in [0.15, 0.2) is 0 Å². The Morgan fingerprint density at radius 3 is 2.05 bits per heavy atom. The number of hydrogen-bond acceptors (Lipinski definition) is 10. The highest BCUT2D eigenvalue weighted by Gasteiger charge is 2.64. The Labute approximate surface area is 339 Å². The van der Waals surface area contributed by atoms with Crippen LogP contribution in [0, 0.1) is 28.1 Å². The predicted octanol–water partition coefficient (Wildman–Crippen LogP) is 4.61. The second-order valence-electron chi connectivity index (χ2n) is 17.6. The first kappa shape index (κ1) is 39.1. The number of carbonyl (C=O) groups is 5. The first-order chi connectivity index (χ1) is 27.7. The third-order valence-corrected chi connectivity index (χ3v) is 13.1. The number of rotatable bonds is 9. The Balaban J connectivity index is 0.788. The van der Waals surface area contributed by atoms with E-state index in [1.807, 2.05) is 30.3 Å². The molecule has 0 spiro atoms. The van der Waals surface area contributed by atoms with Crippen LogP contribution in [0.4, 0.5) is 11.4 Å². The number of ether oxygens (including phenoxy) is 1. The van der Waals surface area contributed by atoms with E-state index in [-0.39, 0.29) is 41.7 Å². The summed E-state index contributed by atoms with van der Waals surface area (Å²) in [5.74, 6) is -0.758. The Kier molecular flexibility index (Phi) is 10.3. The van der Waals surface area contributed by atoms with E-state index in [1.54, 1.807) is 24.3 Å². The molecule has 2 N–H and O–H groups in total. The van der Waals surface area contributed by atoms with Crippen LogP contribution in [0.3, 0.4) is 0 Å². The molecule has 8 rings (SSSR count). The van der Waals surface area contributed by atoms with Crippen molar-refractivity contribution in [2.75, 3.05) is 55.6 Å². The smallest absolute Gasteiger partial charge is 0.262 e. The summed E-state index contributed by atoms with van der Waals surface area (Å²) in [4.78, 5) is 72.2. The summed E-state index contributed by atoms with van der Waals surface area (Å²) >= 11 is 0. The fourth-order valence-corrected chi connectivity index (χ4v) is 10.2. The van der Waals surface area contributed by atoms with Crippen LogP contribution in [-0.2, 0) is 9.59 Å². The molecule has 13 nitrogen and oxygen atoms in total. The molecular formula is C45H51N7O6. The topological polar surface area (TPSA) is 155 Å². The van der Waals surface area contributed by atoms with Crippen molar-refractivity contribution < 1.29 is 28.7 Å². The van der Waals surface area contributed by atoms with Crippen molar-refractivity contribution in [1.82, 2.24) is 20.4 Å². The fourth-order valence-electron chi connectivity index (χ4n) is 10.2. The second-order valence-corrected chi connectivity index (χ2v) is 17.6. The summed E-state index contributed by atoms with van der Waals surface area (Å²) in [6, 6.07) is 21.5. The Morgan fingerprint density at radius 1 is 0.793 bits per heavy atom. The summed E-state index contributed by atoms with van der Waals surface area (Å²) < 4.78 is 6.39. The normalized spacial score (nSPS) is 24.5. The lowest BCUT2D eigenvalue weighted by Gasteiger charge is -2.63. The van der Waals surface area contributed by atoms with Crippen LogP contribution in [-0.4, -0.2) is 103 Å². The van der Waals surface area contributed by atoms with E-state index < -0.39 is 29.7 Å². The molecule has 302 valence electrons. The molecule has 1 atom stereocenters. The molecule has 4 fully saturated rings. The molecule has 4 heterocycles. The van der Waals surface area contributed by atoms with Gasteiger partial charge in [-0.3, -0.25) is 39.1 Å². The lowest BCUT2D eigenvalue weighted by Crippen LogP contribution is -2.74. The van der Waals surface area contributed by atoms with Crippen LogP contribution in [0.15, 0.2) is 66.7 Å². The molecule has 4 aliphatic heterocycles. The highest BCUT2D eigenvalue weighted by atomic mass is 16.5. The maximum atomic E-state index is 13.5. The molecule has 3 aromatic carbocycles. The van der Waals surface area contributed by atoms with Crippen LogP contribution in [0.25, 0.3) is 0 Å². The van der Waals surface area contributed by atoms with E-state index >= 15 is 0 Å². The maximum Gasteiger partial charge on any atom is 0.262 e. The lowest BCUT2D eigenvalue weighted by molar-refractivity contribution is -0.164. The average molecular weight is 786 g/mol. The average Bonchev–Trinajstić information content (AvgIpc) is 3.47. The van der Waals surface area contributed by atoms with Gasteiger partial charge in [-0.2, -0.15) is 5.26 Å². The molecule has 1 aliphatic carbocycles. The van der Waals surface area contributed by atoms with Crippen LogP contribution < -0.4 is 25.2 Å². The van der Waals surface area contributed by atoms with Gasteiger partial charge in [-0.05, 0) is 91.9 Å². The zero-order chi connectivity index (χ0) is 40.9. The minimum atomic E-state index is -0.972. The first-order valence-electron chi connectivity index (χ1n) is 20.4. The van der Waals surface area contributed by atoms with Gasteiger partial charge in [0.2, 0.25) is 11.8 Å². The lowest BCUT2D eigenvalue weighted by atomic mass is 9.49. The molecule has 5 amide bonds. The minimum Gasteiger partial charge on any atom is -0.489 e. The number of nitrogens with one attached hydrogen (secondary N) is 2. The van der Waals surface area contributed by atoms with Crippen molar-refractivity contribution in [3.8, 4) is 11.8 Å². The van der Waals surface area contributed by atoms with E-state index in [2.05, 4.69) is 71.2 Å². The number of hydrogen-bond donors (Lipinski definition) is 2. The number of fused-ring (bicyclic) bond motifs is 1. The highest BCUT2D eigenvalue weighted by Crippen LogP contribution is 2.55. The summed E-state index contributed by atoms with van der Waals surface area (Å²) in [6.45, 7) is 14.8. The number of anilines is 2. The predicted molar refractivity (Wildman–Crippen MR) is 218 cm³/mol. The molecule has 3 aromatic rings. The molecule has 5 aliphatic rings. The number of piperazine rings is 1. The number of piperidine rings is 2. The van der Waals surface area contributed by atoms with Crippen LogP contribution >= 0.6 is 0 Å². The van der Waals surface area contributed by atoms with Gasteiger partial charge in [-0.1, -0.05) is 27.7 Å². The Bertz CT molecular complexity index is 2150. The van der Waals surface area contributed by atoms with Gasteiger partial charge in [0.25, 0.3) is 17.7 Å². The zero-order valence-corrected chi connectivity index (χ0v) is 33.6. The van der Waals surface area contributed by atoms with Gasteiger partial charge in [0, 0.05) is 86.0 Å². The third-order valence-electron chi connectivity index (χ3n) is 13.1. The largest absolute Gasteiger partial charge is 0.489 e. The second kappa shape index (κ2) is 15.2. The quantitative estimate of drug-likeness (QED) is 0.294. The summed E-state index contributed by atoms with van der Waals surface area (Å²) in [5, 5.41) is 14.7. The van der Waals surface area contributed by atoms with Crippen molar-refractivity contribution in [3.05, 3.63) is 89.0 Å².